The predicted molar refractivity (Wildman–Crippen MR) is 82.7 cm³/mol. The highest BCUT2D eigenvalue weighted by molar-refractivity contribution is 5.67. The van der Waals surface area contributed by atoms with Crippen LogP contribution in [-0.4, -0.2) is 5.21 Å². The molecule has 0 heterocycles. The van der Waals surface area contributed by atoms with E-state index in [2.05, 4.69) is 61.5 Å². The van der Waals surface area contributed by atoms with Crippen molar-refractivity contribution in [3.05, 3.63) is 65.1 Å². The van der Waals surface area contributed by atoms with Crippen LogP contribution in [0.1, 0.15) is 31.7 Å². The quantitative estimate of drug-likeness (QED) is 0.460. The van der Waals surface area contributed by atoms with E-state index in [0.29, 0.717) is 0 Å². The van der Waals surface area contributed by atoms with Gasteiger partial charge in [-0.15, -0.1) is 4.91 Å². The molecule has 0 aromatic heterocycles. The Labute approximate surface area is 120 Å². The lowest BCUT2D eigenvalue weighted by atomic mass is 9.96. The molecule has 106 valence electrons. The molecule has 0 aliphatic carbocycles. The van der Waals surface area contributed by atoms with E-state index in [1.54, 1.807) is 0 Å². The van der Waals surface area contributed by atoms with Crippen molar-refractivity contribution in [2.24, 2.45) is 5.34 Å². The second-order valence-electron chi connectivity index (χ2n) is 4.56. The fourth-order valence-corrected chi connectivity index (χ4v) is 2.20. The van der Waals surface area contributed by atoms with Crippen LogP contribution in [0.25, 0.3) is 11.1 Å². The fraction of sp³-hybridized carbons (Fsp3) is 0.294. The van der Waals surface area contributed by atoms with Gasteiger partial charge in [-0.3, -0.25) is 0 Å². The zero-order chi connectivity index (χ0) is 14.6. The molecule has 0 aliphatic heterocycles. The lowest BCUT2D eigenvalue weighted by Crippen LogP contribution is -1.90. The third kappa shape index (κ3) is 5.22. The number of hydrogen-bond acceptors (Lipinski definition) is 2. The Balaban J connectivity index is 0.000000612. The molecule has 0 amide bonds. The Bertz CT molecular complexity index is 497. The molecule has 0 bridgehead atoms. The molecule has 0 radical (unpaired) electrons. The minimum Gasteiger partial charge on any atom is -0.379 e. The van der Waals surface area contributed by atoms with Crippen molar-refractivity contribution in [2.45, 2.75) is 32.6 Å². The highest BCUT2D eigenvalue weighted by Crippen LogP contribution is 2.24. The number of benzene rings is 2. The van der Waals surface area contributed by atoms with Crippen LogP contribution < -0.4 is 0 Å². The van der Waals surface area contributed by atoms with Crippen LogP contribution in [0, 0.1) is 4.91 Å². The Hall–Kier alpha value is -2.16. The van der Waals surface area contributed by atoms with Crippen molar-refractivity contribution in [2.75, 3.05) is 0 Å². The number of aryl methyl sites for hydroxylation is 1. The van der Waals surface area contributed by atoms with Crippen molar-refractivity contribution >= 4 is 0 Å². The van der Waals surface area contributed by atoms with Gasteiger partial charge >= 0.3 is 0 Å². The molecule has 0 spiro atoms. The first-order valence-electron chi connectivity index (χ1n) is 6.93. The third-order valence-electron chi connectivity index (χ3n) is 3.15. The maximum Gasteiger partial charge on any atom is 0.152 e. The van der Waals surface area contributed by atoms with Crippen LogP contribution in [0.3, 0.4) is 0 Å². The molecule has 20 heavy (non-hydrogen) atoms. The van der Waals surface area contributed by atoms with Crippen LogP contribution in [0.2, 0.25) is 0 Å². The van der Waals surface area contributed by atoms with Crippen molar-refractivity contribution in [1.82, 2.24) is 0 Å². The average Bonchev–Trinajstić information content (AvgIpc) is 2.50. The van der Waals surface area contributed by atoms with Gasteiger partial charge in [0.1, 0.15) is 0 Å². The summed E-state index contributed by atoms with van der Waals surface area (Å²) in [6.45, 7) is 2.25. The van der Waals surface area contributed by atoms with Crippen LogP contribution in [0.4, 0.5) is 0 Å². The highest BCUT2D eigenvalue weighted by atomic mass is 16.6. The second kappa shape index (κ2) is 9.73. The lowest BCUT2D eigenvalue weighted by molar-refractivity contribution is 0.312. The van der Waals surface area contributed by atoms with E-state index in [4.69, 9.17) is 10.1 Å². The van der Waals surface area contributed by atoms with E-state index >= 15 is 0 Å². The summed E-state index contributed by atoms with van der Waals surface area (Å²) in [6.07, 6.45) is 5.09. The predicted octanol–water partition coefficient (Wildman–Crippen LogP) is 5.23. The molecule has 0 aliphatic rings. The first-order chi connectivity index (χ1) is 9.83. The summed E-state index contributed by atoms with van der Waals surface area (Å²) in [4.78, 5) is 8.11. The Kier molecular flexibility index (Phi) is 7.73. The molecular formula is C17H21NO2. The summed E-state index contributed by atoms with van der Waals surface area (Å²) < 4.78 is 0. The Morgan fingerprint density at radius 2 is 1.55 bits per heavy atom. The van der Waals surface area contributed by atoms with Gasteiger partial charge in [0.05, 0.1) is 0 Å². The van der Waals surface area contributed by atoms with Gasteiger partial charge in [0.25, 0.3) is 0 Å². The van der Waals surface area contributed by atoms with E-state index in [-0.39, 0.29) is 0 Å². The summed E-state index contributed by atoms with van der Waals surface area (Å²) >= 11 is 0. The maximum absolute atomic E-state index is 8.11. The minimum absolute atomic E-state index is 1.19. The molecule has 1 N–H and O–H groups in total. The van der Waals surface area contributed by atoms with Crippen LogP contribution in [-0.2, 0) is 6.42 Å². The smallest absolute Gasteiger partial charge is 0.152 e. The van der Waals surface area contributed by atoms with Crippen molar-refractivity contribution < 1.29 is 5.21 Å². The summed E-state index contributed by atoms with van der Waals surface area (Å²) in [7, 11) is 0. The summed E-state index contributed by atoms with van der Waals surface area (Å²) in [5.41, 5.74) is 4.20. The summed E-state index contributed by atoms with van der Waals surface area (Å²) in [6, 6.07) is 19.4. The highest BCUT2D eigenvalue weighted by Gasteiger charge is 2.03. The number of hydrogen-bond donors (Lipinski definition) is 1. The van der Waals surface area contributed by atoms with Crippen LogP contribution >= 0.6 is 0 Å². The first-order valence-corrected chi connectivity index (χ1v) is 6.93. The summed E-state index contributed by atoms with van der Waals surface area (Å²) in [5, 5.41) is 7.89. The van der Waals surface area contributed by atoms with Crippen molar-refractivity contribution in [3.8, 4) is 11.1 Å². The maximum atomic E-state index is 8.11. The van der Waals surface area contributed by atoms with Gasteiger partial charge in [-0.2, -0.15) is 0 Å². The molecule has 0 saturated carbocycles. The van der Waals surface area contributed by atoms with Crippen LogP contribution in [0.5, 0.6) is 0 Å². The zero-order valence-corrected chi connectivity index (χ0v) is 11.8. The van der Waals surface area contributed by atoms with Gasteiger partial charge in [0, 0.05) is 0 Å². The van der Waals surface area contributed by atoms with E-state index in [0.717, 1.165) is 0 Å². The minimum atomic E-state index is 1.19. The van der Waals surface area contributed by atoms with E-state index in [1.165, 1.54) is 47.7 Å². The number of rotatable bonds is 5. The van der Waals surface area contributed by atoms with Crippen molar-refractivity contribution in [1.29, 1.82) is 0 Å². The Morgan fingerprint density at radius 3 is 2.20 bits per heavy atom. The van der Waals surface area contributed by atoms with Gasteiger partial charge in [-0.25, -0.2) is 0 Å². The first kappa shape index (κ1) is 15.9. The van der Waals surface area contributed by atoms with E-state index < -0.39 is 0 Å². The fourth-order valence-electron chi connectivity index (χ4n) is 2.20. The molecule has 2 aromatic carbocycles. The van der Waals surface area contributed by atoms with Crippen LogP contribution in [0.15, 0.2) is 59.9 Å². The van der Waals surface area contributed by atoms with Gasteiger partial charge in [-0.1, -0.05) is 74.4 Å². The molecule has 0 fully saturated rings. The standard InChI is InChI=1S/C17H20.HNO2/c1-2-3-5-10-15-13-8-9-14-17(15)16-11-6-4-7-12-16;2-1-3/h4,6-9,11-14H,2-3,5,10H2,1H3;(H,2,3). The third-order valence-corrected chi connectivity index (χ3v) is 3.15. The number of unbranched alkanes of at least 4 members (excludes halogenated alkanes) is 2. The van der Waals surface area contributed by atoms with Gasteiger partial charge in [0.2, 0.25) is 0 Å². The van der Waals surface area contributed by atoms with Gasteiger partial charge in [-0.05, 0) is 29.5 Å². The molecule has 2 rings (SSSR count). The van der Waals surface area contributed by atoms with E-state index in [9.17, 15) is 0 Å². The zero-order valence-electron chi connectivity index (χ0n) is 11.8. The van der Waals surface area contributed by atoms with E-state index in [1.807, 2.05) is 0 Å². The number of nitrogens with zero attached hydrogens (tertiary/aromatic N) is 1. The topological polar surface area (TPSA) is 49.7 Å². The largest absolute Gasteiger partial charge is 0.379 e. The molecule has 0 atom stereocenters. The normalized spacial score (nSPS) is 9.45. The van der Waals surface area contributed by atoms with Gasteiger partial charge < -0.3 is 5.21 Å². The average molecular weight is 271 g/mol. The second-order valence-corrected chi connectivity index (χ2v) is 4.56. The SMILES string of the molecule is CCCCCc1ccccc1-c1ccccc1.O=NO. The lowest BCUT2D eigenvalue weighted by Gasteiger charge is -2.09. The van der Waals surface area contributed by atoms with Gasteiger partial charge in [0.15, 0.2) is 5.34 Å². The summed E-state index contributed by atoms with van der Waals surface area (Å²) in [5.74, 6) is 0. The molecular weight excluding hydrogens is 250 g/mol. The molecule has 3 heteroatoms. The Morgan fingerprint density at radius 1 is 0.950 bits per heavy atom. The molecule has 0 unspecified atom stereocenters. The molecule has 3 nitrogen and oxygen atoms in total. The molecule has 0 saturated heterocycles. The molecule has 2 aromatic rings. The monoisotopic (exact) mass is 271 g/mol. The van der Waals surface area contributed by atoms with Crippen molar-refractivity contribution in [3.63, 3.8) is 0 Å².